The van der Waals surface area contributed by atoms with Crippen LogP contribution in [0.5, 0.6) is 0 Å². The molecule has 1 saturated heterocycles. The number of carboxylic acid groups (broad SMARTS) is 1. The van der Waals surface area contributed by atoms with E-state index in [1.54, 1.807) is 0 Å². The fourth-order valence-corrected chi connectivity index (χ4v) is 2.48. The molecule has 1 aromatic rings. The monoisotopic (exact) mass is 373 g/mol. The van der Waals surface area contributed by atoms with Gasteiger partial charge in [-0.3, -0.25) is 9.78 Å². The average molecular weight is 373 g/mol. The van der Waals surface area contributed by atoms with Crippen LogP contribution in [0.15, 0.2) is 37.1 Å². The second kappa shape index (κ2) is 10.5. The number of aliphatic carboxylic acids is 1. The van der Waals surface area contributed by atoms with Gasteiger partial charge in [-0.05, 0) is 44.1 Å². The first-order valence-electron chi connectivity index (χ1n) is 8.07. The zero-order chi connectivity index (χ0) is 19.6. The molecule has 0 atom stereocenters. The Morgan fingerprint density at radius 1 is 1.35 bits per heavy atom. The van der Waals surface area contributed by atoms with Crippen LogP contribution in [0.4, 0.5) is 13.2 Å². The molecule has 0 radical (unpaired) electrons. The molecule has 0 spiro atoms. The van der Waals surface area contributed by atoms with Crippen molar-refractivity contribution in [1.29, 1.82) is 0 Å². The van der Waals surface area contributed by atoms with Crippen molar-refractivity contribution in [1.82, 2.24) is 15.2 Å². The Bertz CT molecular complexity index is 586. The van der Waals surface area contributed by atoms with Gasteiger partial charge in [0.05, 0.1) is 0 Å². The SMILES string of the molecule is C=CC(=O)NCCN1CCC(c2ccccn2)CC1.O=C(O)C(F)(F)F. The molecule has 2 heterocycles. The van der Waals surface area contributed by atoms with Crippen LogP contribution in [0.1, 0.15) is 24.5 Å². The Hall–Kier alpha value is -2.42. The fraction of sp³-hybridized carbons (Fsp3) is 0.471. The Balaban J connectivity index is 0.000000412. The number of aromatic nitrogens is 1. The summed E-state index contributed by atoms with van der Waals surface area (Å²) in [6, 6.07) is 6.13. The van der Waals surface area contributed by atoms with E-state index >= 15 is 0 Å². The van der Waals surface area contributed by atoms with Crippen LogP contribution < -0.4 is 5.32 Å². The van der Waals surface area contributed by atoms with Crippen LogP contribution in [-0.2, 0) is 9.59 Å². The number of pyridine rings is 1. The van der Waals surface area contributed by atoms with Gasteiger partial charge in [-0.25, -0.2) is 4.79 Å². The first-order chi connectivity index (χ1) is 12.2. The highest BCUT2D eigenvalue weighted by molar-refractivity contribution is 5.86. The van der Waals surface area contributed by atoms with Crippen LogP contribution in [0.3, 0.4) is 0 Å². The lowest BCUT2D eigenvalue weighted by Crippen LogP contribution is -2.38. The summed E-state index contributed by atoms with van der Waals surface area (Å²) in [6.45, 7) is 7.19. The van der Waals surface area contributed by atoms with Gasteiger partial charge in [-0.2, -0.15) is 13.2 Å². The van der Waals surface area contributed by atoms with Gasteiger partial charge in [0.25, 0.3) is 0 Å². The number of likely N-dealkylation sites (tertiary alicyclic amines) is 1. The van der Waals surface area contributed by atoms with Crippen molar-refractivity contribution < 1.29 is 27.9 Å². The minimum atomic E-state index is -5.08. The third kappa shape index (κ3) is 8.11. The second-order valence-corrected chi connectivity index (χ2v) is 5.67. The summed E-state index contributed by atoms with van der Waals surface area (Å²) in [5.41, 5.74) is 1.21. The zero-order valence-electron chi connectivity index (χ0n) is 14.2. The molecular weight excluding hydrogens is 351 g/mol. The van der Waals surface area contributed by atoms with Crippen molar-refractivity contribution in [2.45, 2.75) is 24.9 Å². The van der Waals surface area contributed by atoms with Crippen LogP contribution >= 0.6 is 0 Å². The number of rotatable bonds is 5. The molecule has 2 N–H and O–H groups in total. The van der Waals surface area contributed by atoms with Crippen molar-refractivity contribution in [3.8, 4) is 0 Å². The number of hydrogen-bond acceptors (Lipinski definition) is 4. The number of nitrogens with one attached hydrogen (secondary N) is 1. The standard InChI is InChI=1S/C15H21N3O.C2HF3O2/c1-2-15(19)17-9-12-18-10-6-13(7-11-18)14-5-3-4-8-16-14;3-2(4,5)1(6)7/h2-5,8,13H,1,6-7,9-12H2,(H,17,19);(H,6,7). The summed E-state index contributed by atoms with van der Waals surface area (Å²) in [4.78, 5) is 26.8. The lowest BCUT2D eigenvalue weighted by atomic mass is 9.93. The molecule has 1 aliphatic rings. The molecule has 9 heteroatoms. The third-order valence-corrected chi connectivity index (χ3v) is 3.85. The number of piperidine rings is 1. The smallest absolute Gasteiger partial charge is 0.475 e. The molecule has 0 saturated carbocycles. The molecule has 1 aliphatic heterocycles. The predicted octanol–water partition coefficient (Wildman–Crippen LogP) is 2.20. The number of carbonyl (C=O) groups is 2. The lowest BCUT2D eigenvalue weighted by molar-refractivity contribution is -0.192. The van der Waals surface area contributed by atoms with E-state index in [9.17, 15) is 18.0 Å². The molecule has 26 heavy (non-hydrogen) atoms. The lowest BCUT2D eigenvalue weighted by Gasteiger charge is -2.31. The zero-order valence-corrected chi connectivity index (χ0v) is 14.2. The van der Waals surface area contributed by atoms with Gasteiger partial charge in [0.2, 0.25) is 5.91 Å². The number of amides is 1. The van der Waals surface area contributed by atoms with E-state index in [0.29, 0.717) is 12.5 Å². The van der Waals surface area contributed by atoms with Crippen LogP contribution in [-0.4, -0.2) is 59.2 Å². The van der Waals surface area contributed by atoms with Gasteiger partial charge >= 0.3 is 12.1 Å². The Morgan fingerprint density at radius 2 is 1.96 bits per heavy atom. The number of halogens is 3. The molecule has 0 aromatic carbocycles. The highest BCUT2D eigenvalue weighted by Crippen LogP contribution is 2.25. The molecule has 0 unspecified atom stereocenters. The fourth-order valence-electron chi connectivity index (χ4n) is 2.48. The van der Waals surface area contributed by atoms with E-state index < -0.39 is 12.1 Å². The first kappa shape index (κ1) is 21.6. The molecule has 1 fully saturated rings. The quantitative estimate of drug-likeness (QED) is 0.774. The maximum Gasteiger partial charge on any atom is 0.490 e. The number of carboxylic acids is 1. The van der Waals surface area contributed by atoms with Crippen molar-refractivity contribution in [2.24, 2.45) is 0 Å². The van der Waals surface area contributed by atoms with Gasteiger partial charge in [0.1, 0.15) is 0 Å². The molecular formula is C17H22F3N3O3. The van der Waals surface area contributed by atoms with E-state index in [2.05, 4.69) is 33.9 Å². The summed E-state index contributed by atoms with van der Waals surface area (Å²) in [5, 5.41) is 9.94. The highest BCUT2D eigenvalue weighted by Gasteiger charge is 2.38. The maximum atomic E-state index is 11.0. The predicted molar refractivity (Wildman–Crippen MR) is 89.5 cm³/mol. The summed E-state index contributed by atoms with van der Waals surface area (Å²) in [7, 11) is 0. The minimum Gasteiger partial charge on any atom is -0.475 e. The molecule has 1 aromatic heterocycles. The van der Waals surface area contributed by atoms with Crippen LogP contribution in [0, 0.1) is 0 Å². The molecule has 0 bridgehead atoms. The second-order valence-electron chi connectivity index (χ2n) is 5.67. The molecule has 1 amide bonds. The van der Waals surface area contributed by atoms with Gasteiger partial charge in [0.15, 0.2) is 0 Å². The number of nitrogens with zero attached hydrogens (tertiary/aromatic N) is 2. The Kier molecular flexibility index (Phi) is 8.77. The van der Waals surface area contributed by atoms with Gasteiger partial charge in [-0.1, -0.05) is 12.6 Å². The van der Waals surface area contributed by atoms with Crippen molar-refractivity contribution in [2.75, 3.05) is 26.2 Å². The molecule has 2 rings (SSSR count). The Morgan fingerprint density at radius 3 is 2.42 bits per heavy atom. The Labute approximate surface area is 149 Å². The van der Waals surface area contributed by atoms with E-state index in [4.69, 9.17) is 9.90 Å². The summed E-state index contributed by atoms with van der Waals surface area (Å²) in [6.07, 6.45) is 0.388. The van der Waals surface area contributed by atoms with Crippen molar-refractivity contribution in [3.05, 3.63) is 42.7 Å². The molecule has 144 valence electrons. The average Bonchev–Trinajstić information content (AvgIpc) is 2.62. The maximum absolute atomic E-state index is 11.0. The molecule has 0 aliphatic carbocycles. The van der Waals surface area contributed by atoms with Crippen molar-refractivity contribution >= 4 is 11.9 Å². The number of hydrogen-bond donors (Lipinski definition) is 2. The van der Waals surface area contributed by atoms with Crippen LogP contribution in [0.25, 0.3) is 0 Å². The topological polar surface area (TPSA) is 82.5 Å². The first-order valence-corrected chi connectivity index (χ1v) is 8.07. The van der Waals surface area contributed by atoms with Gasteiger partial charge in [0, 0.05) is 30.9 Å². The van der Waals surface area contributed by atoms with Crippen LogP contribution in [0.2, 0.25) is 0 Å². The van der Waals surface area contributed by atoms with Gasteiger partial charge in [-0.15, -0.1) is 0 Å². The summed E-state index contributed by atoms with van der Waals surface area (Å²) < 4.78 is 31.7. The number of carbonyl (C=O) groups excluding carboxylic acids is 1. The highest BCUT2D eigenvalue weighted by atomic mass is 19.4. The normalized spacial score (nSPS) is 15.5. The largest absolute Gasteiger partial charge is 0.490 e. The third-order valence-electron chi connectivity index (χ3n) is 3.85. The summed E-state index contributed by atoms with van der Waals surface area (Å²) in [5.74, 6) is -2.27. The summed E-state index contributed by atoms with van der Waals surface area (Å²) >= 11 is 0. The van der Waals surface area contributed by atoms with E-state index in [-0.39, 0.29) is 5.91 Å². The number of alkyl halides is 3. The molecule has 6 nitrogen and oxygen atoms in total. The van der Waals surface area contributed by atoms with E-state index in [0.717, 1.165) is 32.5 Å². The van der Waals surface area contributed by atoms with E-state index in [1.165, 1.54) is 11.8 Å². The van der Waals surface area contributed by atoms with Gasteiger partial charge < -0.3 is 15.3 Å². The van der Waals surface area contributed by atoms with E-state index in [1.807, 2.05) is 12.3 Å². The minimum absolute atomic E-state index is 0.0941. The van der Waals surface area contributed by atoms with Crippen molar-refractivity contribution in [3.63, 3.8) is 0 Å².